The van der Waals surface area contributed by atoms with Gasteiger partial charge in [0.05, 0.1) is 6.61 Å². The van der Waals surface area contributed by atoms with Gasteiger partial charge in [0.15, 0.2) is 0 Å². The molecule has 0 aromatic heterocycles. The van der Waals surface area contributed by atoms with Crippen LogP contribution in [0.4, 0.5) is 0 Å². The first kappa shape index (κ1) is 14.3. The lowest BCUT2D eigenvalue weighted by Gasteiger charge is -2.39. The summed E-state index contributed by atoms with van der Waals surface area (Å²) < 4.78 is 0. The molecule has 0 unspecified atom stereocenters. The van der Waals surface area contributed by atoms with Crippen molar-refractivity contribution in [3.05, 3.63) is 0 Å². The minimum Gasteiger partial charge on any atom is -0.395 e. The molecule has 2 heteroatoms. The highest BCUT2D eigenvalue weighted by atomic mass is 16.3. The fourth-order valence-electron chi connectivity index (χ4n) is 3.88. The standard InChI is InChI=1S/C16H31NO/c1-13(2)15-8-6-14(7-9-15)11-17-10-4-3-5-16(17)12-18/h13-16,18H,3-12H2,1-2H3/t14-,15-,16-/m0/s1. The molecule has 0 aromatic carbocycles. The zero-order chi connectivity index (χ0) is 13.0. The molecule has 1 saturated heterocycles. The van der Waals surface area contributed by atoms with E-state index in [1.807, 2.05) is 0 Å². The molecule has 2 rings (SSSR count). The third-order valence-electron chi connectivity index (χ3n) is 5.29. The van der Waals surface area contributed by atoms with E-state index in [9.17, 15) is 5.11 Å². The second kappa shape index (κ2) is 6.91. The third kappa shape index (κ3) is 3.71. The van der Waals surface area contributed by atoms with E-state index in [-0.39, 0.29) is 0 Å². The van der Waals surface area contributed by atoms with E-state index >= 15 is 0 Å². The van der Waals surface area contributed by atoms with Gasteiger partial charge in [0.25, 0.3) is 0 Å². The number of hydrogen-bond acceptors (Lipinski definition) is 2. The first-order chi connectivity index (χ1) is 8.70. The maximum absolute atomic E-state index is 9.46. The van der Waals surface area contributed by atoms with Crippen molar-refractivity contribution in [2.24, 2.45) is 17.8 Å². The van der Waals surface area contributed by atoms with E-state index in [0.717, 1.165) is 17.8 Å². The Morgan fingerprint density at radius 3 is 2.39 bits per heavy atom. The summed E-state index contributed by atoms with van der Waals surface area (Å²) in [4.78, 5) is 2.57. The van der Waals surface area contributed by atoms with Crippen molar-refractivity contribution in [1.82, 2.24) is 4.90 Å². The van der Waals surface area contributed by atoms with Gasteiger partial charge in [-0.2, -0.15) is 0 Å². The first-order valence-corrected chi connectivity index (χ1v) is 8.05. The van der Waals surface area contributed by atoms with Gasteiger partial charge >= 0.3 is 0 Å². The van der Waals surface area contributed by atoms with E-state index in [1.165, 1.54) is 58.0 Å². The highest BCUT2D eigenvalue weighted by Gasteiger charge is 2.28. The Hall–Kier alpha value is -0.0800. The highest BCUT2D eigenvalue weighted by Crippen LogP contribution is 2.34. The number of aliphatic hydroxyl groups excluding tert-OH is 1. The molecule has 1 heterocycles. The lowest BCUT2D eigenvalue weighted by Crippen LogP contribution is -2.44. The van der Waals surface area contributed by atoms with E-state index in [0.29, 0.717) is 12.6 Å². The van der Waals surface area contributed by atoms with Crippen LogP contribution in [0.15, 0.2) is 0 Å². The largest absolute Gasteiger partial charge is 0.395 e. The number of hydrogen-bond donors (Lipinski definition) is 1. The zero-order valence-corrected chi connectivity index (χ0v) is 12.3. The molecule has 1 saturated carbocycles. The van der Waals surface area contributed by atoms with Gasteiger partial charge in [-0.25, -0.2) is 0 Å². The predicted octanol–water partition coefficient (Wildman–Crippen LogP) is 3.30. The van der Waals surface area contributed by atoms with Crippen LogP contribution in [0.1, 0.15) is 58.8 Å². The molecule has 0 amide bonds. The third-order valence-corrected chi connectivity index (χ3v) is 5.29. The maximum Gasteiger partial charge on any atom is 0.0586 e. The minimum atomic E-state index is 0.362. The highest BCUT2D eigenvalue weighted by molar-refractivity contribution is 4.81. The van der Waals surface area contributed by atoms with Gasteiger partial charge in [0.1, 0.15) is 0 Å². The number of piperidine rings is 1. The van der Waals surface area contributed by atoms with E-state index < -0.39 is 0 Å². The van der Waals surface area contributed by atoms with E-state index in [4.69, 9.17) is 0 Å². The molecule has 0 spiro atoms. The fourth-order valence-corrected chi connectivity index (χ4v) is 3.88. The Balaban J connectivity index is 1.76. The number of nitrogens with zero attached hydrogens (tertiary/aromatic N) is 1. The molecule has 1 N–H and O–H groups in total. The van der Waals surface area contributed by atoms with Gasteiger partial charge in [-0.1, -0.05) is 20.3 Å². The average Bonchev–Trinajstić information content (AvgIpc) is 2.40. The monoisotopic (exact) mass is 253 g/mol. The number of rotatable bonds is 4. The molecule has 2 fully saturated rings. The molecule has 2 aliphatic rings. The smallest absolute Gasteiger partial charge is 0.0586 e. The van der Waals surface area contributed by atoms with Gasteiger partial charge < -0.3 is 5.11 Å². The molecule has 1 aliphatic heterocycles. The molecule has 2 nitrogen and oxygen atoms in total. The van der Waals surface area contributed by atoms with Crippen molar-refractivity contribution in [3.8, 4) is 0 Å². The van der Waals surface area contributed by atoms with Crippen molar-refractivity contribution in [1.29, 1.82) is 0 Å². The van der Waals surface area contributed by atoms with Crippen LogP contribution in [-0.2, 0) is 0 Å². The zero-order valence-electron chi connectivity index (χ0n) is 12.3. The second-order valence-corrected chi connectivity index (χ2v) is 6.85. The molecular formula is C16H31NO. The first-order valence-electron chi connectivity index (χ1n) is 8.05. The van der Waals surface area contributed by atoms with Gasteiger partial charge in [-0.15, -0.1) is 0 Å². The van der Waals surface area contributed by atoms with Crippen LogP contribution >= 0.6 is 0 Å². The Morgan fingerprint density at radius 1 is 1.06 bits per heavy atom. The quantitative estimate of drug-likeness (QED) is 0.831. The van der Waals surface area contributed by atoms with Crippen molar-refractivity contribution in [2.75, 3.05) is 19.7 Å². The van der Waals surface area contributed by atoms with E-state index in [1.54, 1.807) is 0 Å². The normalized spacial score (nSPS) is 35.0. The van der Waals surface area contributed by atoms with Crippen LogP contribution in [-0.4, -0.2) is 35.7 Å². The Kier molecular flexibility index (Phi) is 5.50. The van der Waals surface area contributed by atoms with Gasteiger partial charge in [0, 0.05) is 12.6 Å². The molecule has 0 aromatic rings. The van der Waals surface area contributed by atoms with Gasteiger partial charge in [0.2, 0.25) is 0 Å². The summed E-state index contributed by atoms with van der Waals surface area (Å²) >= 11 is 0. The van der Waals surface area contributed by atoms with Crippen LogP contribution in [0, 0.1) is 17.8 Å². The SMILES string of the molecule is CC(C)[C@H]1CC[C@H](CN2CCCC[C@H]2CO)CC1. The van der Waals surface area contributed by atoms with Crippen molar-refractivity contribution in [2.45, 2.75) is 64.8 Å². The Morgan fingerprint density at radius 2 is 1.78 bits per heavy atom. The topological polar surface area (TPSA) is 23.5 Å². The predicted molar refractivity (Wildman–Crippen MR) is 76.6 cm³/mol. The van der Waals surface area contributed by atoms with Crippen molar-refractivity contribution >= 4 is 0 Å². The Labute approximate surface area is 113 Å². The maximum atomic E-state index is 9.46. The summed E-state index contributed by atoms with van der Waals surface area (Å²) in [5.74, 6) is 2.73. The molecule has 106 valence electrons. The van der Waals surface area contributed by atoms with Crippen LogP contribution in [0.3, 0.4) is 0 Å². The lowest BCUT2D eigenvalue weighted by molar-refractivity contribution is 0.0639. The van der Waals surface area contributed by atoms with Crippen LogP contribution in [0.25, 0.3) is 0 Å². The van der Waals surface area contributed by atoms with Gasteiger partial charge in [-0.05, 0) is 62.8 Å². The van der Waals surface area contributed by atoms with Gasteiger partial charge in [-0.3, -0.25) is 4.90 Å². The Bertz CT molecular complexity index is 233. The lowest BCUT2D eigenvalue weighted by atomic mass is 9.76. The number of aliphatic hydroxyl groups is 1. The molecule has 0 radical (unpaired) electrons. The molecule has 1 atom stereocenters. The van der Waals surface area contributed by atoms with Crippen LogP contribution < -0.4 is 0 Å². The molecular weight excluding hydrogens is 222 g/mol. The summed E-state index contributed by atoms with van der Waals surface area (Å²) in [6, 6.07) is 0.460. The second-order valence-electron chi connectivity index (χ2n) is 6.85. The summed E-state index contributed by atoms with van der Waals surface area (Å²) in [6.07, 6.45) is 9.53. The fraction of sp³-hybridized carbons (Fsp3) is 1.00. The summed E-state index contributed by atoms with van der Waals surface area (Å²) in [5, 5.41) is 9.46. The van der Waals surface area contributed by atoms with Crippen LogP contribution in [0.5, 0.6) is 0 Å². The van der Waals surface area contributed by atoms with Crippen molar-refractivity contribution in [3.63, 3.8) is 0 Å². The van der Waals surface area contributed by atoms with Crippen molar-refractivity contribution < 1.29 is 5.11 Å². The summed E-state index contributed by atoms with van der Waals surface area (Å²) in [7, 11) is 0. The molecule has 0 bridgehead atoms. The van der Waals surface area contributed by atoms with E-state index in [2.05, 4.69) is 18.7 Å². The summed E-state index contributed by atoms with van der Waals surface area (Å²) in [5.41, 5.74) is 0. The summed E-state index contributed by atoms with van der Waals surface area (Å²) in [6.45, 7) is 7.57. The number of likely N-dealkylation sites (tertiary alicyclic amines) is 1. The minimum absolute atomic E-state index is 0.362. The molecule has 18 heavy (non-hydrogen) atoms. The average molecular weight is 253 g/mol. The molecule has 1 aliphatic carbocycles. The van der Waals surface area contributed by atoms with Crippen LogP contribution in [0.2, 0.25) is 0 Å².